The lowest BCUT2D eigenvalue weighted by Gasteiger charge is -2.24. The molecular weight excluding hydrogens is 570 g/mol. The third-order valence-electron chi connectivity index (χ3n) is 7.07. The molecule has 5 N–H and O–H groups in total. The maximum atomic E-state index is 13.7. The van der Waals surface area contributed by atoms with Gasteiger partial charge in [0.25, 0.3) is 0 Å². The average Bonchev–Trinajstić information content (AvgIpc) is 3.01. The van der Waals surface area contributed by atoms with Crippen molar-refractivity contribution in [1.82, 2.24) is 26.6 Å². The lowest BCUT2D eigenvalue weighted by atomic mass is 10.0. The van der Waals surface area contributed by atoms with Gasteiger partial charge in [0.15, 0.2) is 0 Å². The van der Waals surface area contributed by atoms with Crippen molar-refractivity contribution in [3.8, 4) is 0 Å². The Morgan fingerprint density at radius 1 is 0.689 bits per heavy atom. The third kappa shape index (κ3) is 12.1. The van der Waals surface area contributed by atoms with Crippen LogP contribution in [0, 0.1) is 0 Å². The zero-order valence-electron chi connectivity index (χ0n) is 26.6. The van der Waals surface area contributed by atoms with E-state index in [1.54, 1.807) is 6.92 Å². The van der Waals surface area contributed by atoms with Gasteiger partial charge in [-0.15, -0.1) is 0 Å². The Morgan fingerprint density at radius 3 is 2.09 bits per heavy atom. The topological polar surface area (TPSA) is 146 Å². The molecule has 0 saturated heterocycles. The molecule has 10 heteroatoms. The molecule has 3 aromatic carbocycles. The molecule has 0 aromatic heterocycles. The van der Waals surface area contributed by atoms with E-state index in [1.807, 2.05) is 93.6 Å². The van der Waals surface area contributed by atoms with Crippen LogP contribution in [0.1, 0.15) is 64.5 Å². The van der Waals surface area contributed by atoms with Crippen molar-refractivity contribution in [3.63, 3.8) is 0 Å². The highest BCUT2D eigenvalue weighted by atomic mass is 16.2. The minimum absolute atomic E-state index is 0.0150. The first-order valence-corrected chi connectivity index (χ1v) is 15.4. The molecule has 0 fully saturated rings. The second-order valence-electron chi connectivity index (χ2n) is 12.0. The fraction of sp³-hybridized carbons (Fsp3) is 0.400. The van der Waals surface area contributed by atoms with Gasteiger partial charge in [0.1, 0.15) is 12.1 Å². The molecule has 240 valence electrons. The van der Waals surface area contributed by atoms with Gasteiger partial charge in [-0.2, -0.15) is 0 Å². The molecule has 3 rings (SSSR count). The van der Waals surface area contributed by atoms with Crippen LogP contribution in [0.3, 0.4) is 0 Å². The van der Waals surface area contributed by atoms with Crippen LogP contribution in [0.15, 0.2) is 72.8 Å². The molecule has 45 heavy (non-hydrogen) atoms. The monoisotopic (exact) mass is 615 g/mol. The van der Waals surface area contributed by atoms with Crippen LogP contribution >= 0.6 is 0 Å². The van der Waals surface area contributed by atoms with Gasteiger partial charge in [-0.05, 0) is 49.1 Å². The molecular formula is C35H45N5O5. The molecule has 0 radical (unpaired) electrons. The summed E-state index contributed by atoms with van der Waals surface area (Å²) in [7, 11) is 0. The fourth-order valence-electron chi connectivity index (χ4n) is 4.82. The van der Waals surface area contributed by atoms with E-state index in [0.29, 0.717) is 6.42 Å². The van der Waals surface area contributed by atoms with Crippen molar-refractivity contribution < 1.29 is 24.0 Å². The zero-order valence-corrected chi connectivity index (χ0v) is 26.6. The van der Waals surface area contributed by atoms with Gasteiger partial charge in [-0.1, -0.05) is 79.7 Å². The first kappa shape index (κ1) is 34.8. The number of hydrogen-bond acceptors (Lipinski definition) is 5. The molecule has 0 spiro atoms. The molecule has 0 aliphatic heterocycles. The predicted octanol–water partition coefficient (Wildman–Crippen LogP) is 3.28. The Hall–Kier alpha value is -4.73. The van der Waals surface area contributed by atoms with Crippen molar-refractivity contribution in [2.45, 2.75) is 84.0 Å². The molecule has 0 aliphatic carbocycles. The summed E-state index contributed by atoms with van der Waals surface area (Å²) in [4.78, 5) is 64.1. The van der Waals surface area contributed by atoms with Crippen LogP contribution in [0.5, 0.6) is 0 Å². The normalized spacial score (nSPS) is 12.4. The van der Waals surface area contributed by atoms with E-state index >= 15 is 0 Å². The molecule has 2 atom stereocenters. The van der Waals surface area contributed by atoms with E-state index in [4.69, 9.17) is 0 Å². The Kier molecular flexibility index (Phi) is 13.1. The fourth-order valence-corrected chi connectivity index (χ4v) is 4.82. The Labute approximate surface area is 265 Å². The average molecular weight is 616 g/mol. The van der Waals surface area contributed by atoms with Crippen molar-refractivity contribution in [1.29, 1.82) is 0 Å². The van der Waals surface area contributed by atoms with Gasteiger partial charge in [0.05, 0.1) is 0 Å². The zero-order chi connectivity index (χ0) is 32.8. The molecule has 0 bridgehead atoms. The number of nitrogens with one attached hydrogen (secondary N) is 5. The lowest BCUT2D eigenvalue weighted by molar-refractivity contribution is -0.133. The number of fused-ring (bicyclic) bond motifs is 1. The van der Waals surface area contributed by atoms with Crippen molar-refractivity contribution >= 4 is 40.3 Å². The van der Waals surface area contributed by atoms with Gasteiger partial charge in [-0.3, -0.25) is 24.0 Å². The number of rotatable bonds is 15. The molecule has 3 aromatic rings. The van der Waals surface area contributed by atoms with Crippen LogP contribution in [0.25, 0.3) is 10.8 Å². The number of carbonyl (C=O) groups is 5. The summed E-state index contributed by atoms with van der Waals surface area (Å²) in [5.41, 5.74) is 1.33. The molecule has 5 amide bonds. The number of amides is 5. The van der Waals surface area contributed by atoms with E-state index in [9.17, 15) is 24.0 Å². The SMILES string of the molecule is CCC(=O)NCCC(=O)N[C@@H](CCC(=O)NC(C)(C)C)C(=O)N[C@@H](Cc1ccccc1)C(=O)NCc1cccc2ccccc12. The standard InChI is InChI=1S/C35H45N5O5/c1-5-30(41)36-21-20-31(42)38-28(18-19-32(43)40-35(2,3)4)34(45)39-29(22-24-12-7-6-8-13-24)33(44)37-23-26-16-11-15-25-14-9-10-17-27(25)26/h6-17,28-29H,5,18-23H2,1-4H3,(H,36,41)(H,37,44)(H,38,42)(H,39,45)(H,40,43)/t28-,29-/m0/s1. The maximum absolute atomic E-state index is 13.7. The summed E-state index contributed by atoms with van der Waals surface area (Å²) >= 11 is 0. The predicted molar refractivity (Wildman–Crippen MR) is 175 cm³/mol. The number of benzene rings is 3. The summed E-state index contributed by atoms with van der Waals surface area (Å²) in [6.45, 7) is 7.65. The van der Waals surface area contributed by atoms with Gasteiger partial charge >= 0.3 is 0 Å². The van der Waals surface area contributed by atoms with Crippen molar-refractivity contribution in [3.05, 3.63) is 83.9 Å². The van der Waals surface area contributed by atoms with E-state index in [0.717, 1.165) is 21.9 Å². The molecule has 10 nitrogen and oxygen atoms in total. The second-order valence-corrected chi connectivity index (χ2v) is 12.0. The summed E-state index contributed by atoms with van der Waals surface area (Å²) in [5.74, 6) is -1.86. The highest BCUT2D eigenvalue weighted by Crippen LogP contribution is 2.18. The van der Waals surface area contributed by atoms with Crippen LogP contribution in [-0.4, -0.2) is 53.7 Å². The quantitative estimate of drug-likeness (QED) is 0.178. The van der Waals surface area contributed by atoms with E-state index in [1.165, 1.54) is 0 Å². The molecule has 0 heterocycles. The molecule has 0 unspecified atom stereocenters. The van der Waals surface area contributed by atoms with Gasteiger partial charge in [0, 0.05) is 44.3 Å². The van der Waals surface area contributed by atoms with E-state index in [-0.39, 0.29) is 56.5 Å². The Morgan fingerprint density at radius 2 is 1.38 bits per heavy atom. The van der Waals surface area contributed by atoms with Crippen LogP contribution in [0.4, 0.5) is 0 Å². The summed E-state index contributed by atoms with van der Waals surface area (Å²) in [6.07, 6.45) is 0.487. The summed E-state index contributed by atoms with van der Waals surface area (Å²) < 4.78 is 0. The largest absolute Gasteiger partial charge is 0.356 e. The van der Waals surface area contributed by atoms with Gasteiger partial charge in [0.2, 0.25) is 29.5 Å². The van der Waals surface area contributed by atoms with E-state index in [2.05, 4.69) is 26.6 Å². The molecule has 0 saturated carbocycles. The van der Waals surface area contributed by atoms with Crippen LogP contribution in [0.2, 0.25) is 0 Å². The smallest absolute Gasteiger partial charge is 0.243 e. The number of hydrogen-bond donors (Lipinski definition) is 5. The Balaban J connectivity index is 1.76. The minimum atomic E-state index is -1.07. The van der Waals surface area contributed by atoms with Gasteiger partial charge < -0.3 is 26.6 Å². The third-order valence-corrected chi connectivity index (χ3v) is 7.07. The Bertz CT molecular complexity index is 1460. The molecule has 0 aliphatic rings. The van der Waals surface area contributed by atoms with E-state index < -0.39 is 29.4 Å². The summed E-state index contributed by atoms with van der Waals surface area (Å²) in [6, 6.07) is 21.1. The highest BCUT2D eigenvalue weighted by Gasteiger charge is 2.28. The first-order valence-electron chi connectivity index (χ1n) is 15.4. The lowest BCUT2D eigenvalue weighted by Crippen LogP contribution is -2.54. The van der Waals surface area contributed by atoms with Crippen molar-refractivity contribution in [2.24, 2.45) is 0 Å². The first-order chi connectivity index (χ1) is 21.4. The van der Waals surface area contributed by atoms with Gasteiger partial charge in [-0.25, -0.2) is 0 Å². The second kappa shape index (κ2) is 16.9. The van der Waals surface area contributed by atoms with Crippen molar-refractivity contribution in [2.75, 3.05) is 6.54 Å². The summed E-state index contributed by atoms with van der Waals surface area (Å²) in [5, 5.41) is 16.1. The maximum Gasteiger partial charge on any atom is 0.243 e. The van der Waals surface area contributed by atoms with Crippen LogP contribution in [-0.2, 0) is 36.9 Å². The van der Waals surface area contributed by atoms with Crippen LogP contribution < -0.4 is 26.6 Å². The highest BCUT2D eigenvalue weighted by molar-refractivity contribution is 5.93. The minimum Gasteiger partial charge on any atom is -0.356 e. The number of carbonyl (C=O) groups excluding carboxylic acids is 5.